The predicted molar refractivity (Wildman–Crippen MR) is 69.5 cm³/mol. The van der Waals surface area contributed by atoms with E-state index in [2.05, 4.69) is 6.92 Å². The van der Waals surface area contributed by atoms with E-state index in [0.717, 1.165) is 32.2 Å². The second-order valence-electron chi connectivity index (χ2n) is 4.97. The van der Waals surface area contributed by atoms with Crippen molar-refractivity contribution >= 4 is 5.69 Å². The van der Waals surface area contributed by atoms with Crippen molar-refractivity contribution in [3.8, 4) is 0 Å². The van der Waals surface area contributed by atoms with Crippen LogP contribution in [0.2, 0.25) is 0 Å². The van der Waals surface area contributed by atoms with Gasteiger partial charge in [0.25, 0.3) is 0 Å². The molecule has 100 valence electrons. The van der Waals surface area contributed by atoms with E-state index in [-0.39, 0.29) is 18.2 Å². The lowest BCUT2D eigenvalue weighted by atomic mass is 10.1. The molecule has 1 atom stereocenters. The largest absolute Gasteiger partial charge is 0.366 e. The highest BCUT2D eigenvalue weighted by atomic mass is 19.2. The van der Waals surface area contributed by atoms with Gasteiger partial charge in [0.15, 0.2) is 11.6 Å². The Balaban J connectivity index is 2.34. The van der Waals surface area contributed by atoms with E-state index < -0.39 is 11.6 Å². The molecule has 2 rings (SSSR count). The molecule has 0 saturated carbocycles. The zero-order chi connectivity index (χ0) is 13.1. The molecular formula is C14H20F2N2. The van der Waals surface area contributed by atoms with E-state index in [0.29, 0.717) is 5.69 Å². The second-order valence-corrected chi connectivity index (χ2v) is 4.97. The Morgan fingerprint density at radius 3 is 2.72 bits per heavy atom. The van der Waals surface area contributed by atoms with Crippen molar-refractivity contribution in [3.63, 3.8) is 0 Å². The van der Waals surface area contributed by atoms with Gasteiger partial charge in [0.05, 0.1) is 5.69 Å². The second kappa shape index (κ2) is 5.65. The minimum Gasteiger partial charge on any atom is -0.366 e. The van der Waals surface area contributed by atoms with Crippen LogP contribution in [-0.2, 0) is 6.54 Å². The summed E-state index contributed by atoms with van der Waals surface area (Å²) >= 11 is 0. The number of benzene rings is 1. The summed E-state index contributed by atoms with van der Waals surface area (Å²) in [6.07, 6.45) is 4.37. The van der Waals surface area contributed by atoms with Gasteiger partial charge in [0.2, 0.25) is 0 Å². The maximum atomic E-state index is 14.1. The molecule has 1 fully saturated rings. The van der Waals surface area contributed by atoms with E-state index in [9.17, 15) is 8.78 Å². The molecule has 4 heteroatoms. The van der Waals surface area contributed by atoms with Gasteiger partial charge in [-0.25, -0.2) is 8.78 Å². The van der Waals surface area contributed by atoms with Crippen molar-refractivity contribution in [3.05, 3.63) is 29.3 Å². The van der Waals surface area contributed by atoms with Crippen molar-refractivity contribution in [2.45, 2.75) is 45.2 Å². The lowest BCUT2D eigenvalue weighted by Crippen LogP contribution is -2.33. The predicted octanol–water partition coefficient (Wildman–Crippen LogP) is 3.19. The minimum absolute atomic E-state index is 0.0264. The fourth-order valence-electron chi connectivity index (χ4n) is 2.59. The van der Waals surface area contributed by atoms with Crippen LogP contribution < -0.4 is 10.6 Å². The molecule has 1 heterocycles. The van der Waals surface area contributed by atoms with Gasteiger partial charge in [0.1, 0.15) is 0 Å². The van der Waals surface area contributed by atoms with Crippen molar-refractivity contribution in [1.82, 2.24) is 0 Å². The number of hydrogen-bond acceptors (Lipinski definition) is 2. The van der Waals surface area contributed by atoms with E-state index in [1.165, 1.54) is 0 Å². The normalized spacial score (nSPS) is 20.9. The molecule has 1 saturated heterocycles. The summed E-state index contributed by atoms with van der Waals surface area (Å²) in [5.41, 5.74) is 5.99. The fraction of sp³-hybridized carbons (Fsp3) is 0.571. The minimum atomic E-state index is -0.800. The average Bonchev–Trinajstić information content (AvgIpc) is 2.58. The van der Waals surface area contributed by atoms with Crippen molar-refractivity contribution in [1.29, 1.82) is 0 Å². The Morgan fingerprint density at radius 2 is 2.00 bits per heavy atom. The van der Waals surface area contributed by atoms with Gasteiger partial charge in [-0.2, -0.15) is 0 Å². The molecule has 1 unspecified atom stereocenters. The van der Waals surface area contributed by atoms with Crippen LogP contribution in [-0.4, -0.2) is 12.6 Å². The molecule has 0 aromatic heterocycles. The molecule has 2 N–H and O–H groups in total. The van der Waals surface area contributed by atoms with Crippen LogP contribution >= 0.6 is 0 Å². The Bertz CT molecular complexity index is 421. The van der Waals surface area contributed by atoms with Gasteiger partial charge >= 0.3 is 0 Å². The first-order chi connectivity index (χ1) is 8.65. The lowest BCUT2D eigenvalue weighted by Gasteiger charge is -2.30. The van der Waals surface area contributed by atoms with Gasteiger partial charge in [-0.1, -0.05) is 18.9 Å². The van der Waals surface area contributed by atoms with Crippen molar-refractivity contribution in [2.24, 2.45) is 5.73 Å². The van der Waals surface area contributed by atoms with Gasteiger partial charge in [-0.3, -0.25) is 0 Å². The van der Waals surface area contributed by atoms with Gasteiger partial charge in [-0.05, 0) is 25.8 Å². The molecule has 1 aromatic carbocycles. The summed E-state index contributed by atoms with van der Waals surface area (Å²) in [5, 5.41) is 0. The van der Waals surface area contributed by atoms with E-state index in [1.54, 1.807) is 12.1 Å². The van der Waals surface area contributed by atoms with E-state index in [1.807, 2.05) is 4.90 Å². The van der Waals surface area contributed by atoms with Crippen LogP contribution in [0.15, 0.2) is 12.1 Å². The highest BCUT2D eigenvalue weighted by molar-refractivity contribution is 5.50. The molecule has 0 aliphatic carbocycles. The molecule has 2 nitrogen and oxygen atoms in total. The quantitative estimate of drug-likeness (QED) is 0.878. The monoisotopic (exact) mass is 254 g/mol. The van der Waals surface area contributed by atoms with Gasteiger partial charge < -0.3 is 10.6 Å². The molecule has 1 aliphatic heterocycles. The standard InChI is InChI=1S/C14H20F2N2/c1-10-5-3-2-4-8-18(10)12-7-6-11(9-17)13(15)14(12)16/h6-7,10H,2-5,8-9,17H2,1H3. The fourth-order valence-corrected chi connectivity index (χ4v) is 2.59. The molecule has 1 aliphatic rings. The molecule has 1 aromatic rings. The number of halogens is 2. The summed E-state index contributed by atoms with van der Waals surface area (Å²) in [6, 6.07) is 3.50. The third kappa shape index (κ3) is 2.48. The molecule has 0 bridgehead atoms. The van der Waals surface area contributed by atoms with E-state index in [4.69, 9.17) is 5.73 Å². The topological polar surface area (TPSA) is 29.3 Å². The smallest absolute Gasteiger partial charge is 0.182 e. The first kappa shape index (κ1) is 13.3. The van der Waals surface area contributed by atoms with Crippen LogP contribution in [0.3, 0.4) is 0 Å². The van der Waals surface area contributed by atoms with Crippen LogP contribution in [0.1, 0.15) is 38.2 Å². The number of nitrogens with zero attached hydrogens (tertiary/aromatic N) is 1. The Kier molecular flexibility index (Phi) is 4.17. The summed E-state index contributed by atoms with van der Waals surface area (Å²) in [4.78, 5) is 1.98. The van der Waals surface area contributed by atoms with Crippen LogP contribution in [0.4, 0.5) is 14.5 Å². The maximum Gasteiger partial charge on any atom is 0.182 e. The number of rotatable bonds is 2. The molecule has 0 amide bonds. The zero-order valence-electron chi connectivity index (χ0n) is 10.8. The highest BCUT2D eigenvalue weighted by Gasteiger charge is 2.22. The molecule has 0 radical (unpaired) electrons. The SMILES string of the molecule is CC1CCCCCN1c1ccc(CN)c(F)c1F. The Morgan fingerprint density at radius 1 is 1.22 bits per heavy atom. The van der Waals surface area contributed by atoms with Gasteiger partial charge in [0, 0.05) is 24.7 Å². The lowest BCUT2D eigenvalue weighted by molar-refractivity contribution is 0.491. The summed E-state index contributed by atoms with van der Waals surface area (Å²) in [6.45, 7) is 2.89. The summed E-state index contributed by atoms with van der Waals surface area (Å²) in [7, 11) is 0. The third-order valence-corrected chi connectivity index (χ3v) is 3.72. The van der Waals surface area contributed by atoms with Crippen LogP contribution in [0.25, 0.3) is 0 Å². The average molecular weight is 254 g/mol. The maximum absolute atomic E-state index is 14.1. The zero-order valence-corrected chi connectivity index (χ0v) is 10.8. The van der Waals surface area contributed by atoms with Crippen LogP contribution in [0, 0.1) is 11.6 Å². The highest BCUT2D eigenvalue weighted by Crippen LogP contribution is 2.29. The number of hydrogen-bond donors (Lipinski definition) is 1. The summed E-state index contributed by atoms with van der Waals surface area (Å²) < 4.78 is 27.8. The summed E-state index contributed by atoms with van der Waals surface area (Å²) in [5.74, 6) is -1.56. The number of anilines is 1. The van der Waals surface area contributed by atoms with Crippen LogP contribution in [0.5, 0.6) is 0 Å². The first-order valence-corrected chi connectivity index (χ1v) is 6.58. The van der Waals surface area contributed by atoms with Gasteiger partial charge in [-0.15, -0.1) is 0 Å². The Labute approximate surface area is 107 Å². The molecule has 0 spiro atoms. The molecular weight excluding hydrogens is 234 g/mol. The molecule has 18 heavy (non-hydrogen) atoms. The van der Waals surface area contributed by atoms with E-state index >= 15 is 0 Å². The Hall–Kier alpha value is -1.16. The third-order valence-electron chi connectivity index (χ3n) is 3.72. The number of nitrogens with two attached hydrogens (primary N) is 1. The van der Waals surface area contributed by atoms with Crippen molar-refractivity contribution < 1.29 is 8.78 Å². The van der Waals surface area contributed by atoms with Crippen molar-refractivity contribution in [2.75, 3.05) is 11.4 Å². The first-order valence-electron chi connectivity index (χ1n) is 6.58.